The maximum Gasteiger partial charge on any atom is 0.226 e. The molecule has 0 aliphatic carbocycles. The molecule has 1 aromatic carbocycles. The highest BCUT2D eigenvalue weighted by molar-refractivity contribution is 5.82. The molecule has 1 N–H and O–H groups in total. The molecule has 5 heteroatoms. The Morgan fingerprint density at radius 1 is 1.16 bits per heavy atom. The Labute approximate surface area is 149 Å². The van der Waals surface area contributed by atoms with Crippen molar-refractivity contribution in [3.63, 3.8) is 0 Å². The average Bonchev–Trinajstić information content (AvgIpc) is 3.14. The first-order chi connectivity index (χ1) is 12.2. The molecule has 1 atom stereocenters. The van der Waals surface area contributed by atoms with Crippen molar-refractivity contribution < 1.29 is 4.74 Å². The van der Waals surface area contributed by atoms with E-state index in [2.05, 4.69) is 42.3 Å². The van der Waals surface area contributed by atoms with Crippen LogP contribution in [0, 0.1) is 13.8 Å². The Morgan fingerprint density at radius 3 is 2.76 bits per heavy atom. The van der Waals surface area contributed by atoms with E-state index >= 15 is 0 Å². The summed E-state index contributed by atoms with van der Waals surface area (Å²) in [6, 6.07) is 7.00. The minimum absolute atomic E-state index is 0.424. The Bertz CT molecular complexity index is 734. The van der Waals surface area contributed by atoms with Crippen LogP contribution < -0.4 is 10.2 Å². The van der Waals surface area contributed by atoms with Gasteiger partial charge >= 0.3 is 0 Å². The maximum absolute atomic E-state index is 5.70. The van der Waals surface area contributed by atoms with Crippen LogP contribution in [0.5, 0.6) is 0 Å². The second-order valence-corrected chi connectivity index (χ2v) is 7.43. The van der Waals surface area contributed by atoms with E-state index in [0.29, 0.717) is 12.1 Å². The van der Waals surface area contributed by atoms with Gasteiger partial charge in [-0.1, -0.05) is 11.6 Å². The zero-order chi connectivity index (χ0) is 17.2. The number of hydrogen-bond donors (Lipinski definition) is 1. The average molecular weight is 340 g/mol. The monoisotopic (exact) mass is 340 g/mol. The highest BCUT2D eigenvalue weighted by Crippen LogP contribution is 2.23. The molecule has 0 radical (unpaired) electrons. The van der Waals surface area contributed by atoms with Gasteiger partial charge < -0.3 is 15.0 Å². The van der Waals surface area contributed by atoms with Crippen LogP contribution in [0.4, 0.5) is 5.95 Å². The van der Waals surface area contributed by atoms with E-state index in [4.69, 9.17) is 14.7 Å². The summed E-state index contributed by atoms with van der Waals surface area (Å²) in [5, 5.41) is 4.85. The molecule has 25 heavy (non-hydrogen) atoms. The molecule has 2 aliphatic rings. The first kappa shape index (κ1) is 16.7. The van der Waals surface area contributed by atoms with Crippen molar-refractivity contribution in [2.45, 2.75) is 51.7 Å². The van der Waals surface area contributed by atoms with Gasteiger partial charge in [0.2, 0.25) is 5.95 Å². The predicted octanol–water partition coefficient (Wildman–Crippen LogP) is 2.98. The second kappa shape index (κ2) is 7.26. The number of fused-ring (bicyclic) bond motifs is 1. The topological polar surface area (TPSA) is 50.3 Å². The molecule has 0 bridgehead atoms. The van der Waals surface area contributed by atoms with Crippen molar-refractivity contribution in [2.24, 2.45) is 0 Å². The van der Waals surface area contributed by atoms with Gasteiger partial charge in [0, 0.05) is 37.7 Å². The second-order valence-electron chi connectivity index (χ2n) is 7.43. The third kappa shape index (κ3) is 3.77. The lowest BCUT2D eigenvalue weighted by molar-refractivity contribution is 0.106. The van der Waals surface area contributed by atoms with E-state index in [1.54, 1.807) is 0 Å². The molecule has 2 fully saturated rings. The molecular formula is C20H28N4O. The largest absolute Gasteiger partial charge is 0.377 e. The third-order valence-electron chi connectivity index (χ3n) is 5.47. The lowest BCUT2D eigenvalue weighted by Crippen LogP contribution is -2.45. The number of nitrogens with one attached hydrogen (secondary N) is 1. The molecule has 5 nitrogen and oxygen atoms in total. The zero-order valence-corrected chi connectivity index (χ0v) is 15.3. The van der Waals surface area contributed by atoms with Gasteiger partial charge in [-0.2, -0.15) is 0 Å². The summed E-state index contributed by atoms with van der Waals surface area (Å²) in [6.07, 6.45) is 5.12. The molecule has 0 saturated carbocycles. The van der Waals surface area contributed by atoms with Gasteiger partial charge in [0.1, 0.15) is 0 Å². The van der Waals surface area contributed by atoms with Gasteiger partial charge in [-0.15, -0.1) is 0 Å². The Kier molecular flexibility index (Phi) is 4.86. The smallest absolute Gasteiger partial charge is 0.226 e. The van der Waals surface area contributed by atoms with E-state index in [1.807, 2.05) is 0 Å². The highest BCUT2D eigenvalue weighted by atomic mass is 16.5. The number of hydrogen-bond acceptors (Lipinski definition) is 5. The molecule has 1 unspecified atom stereocenters. The van der Waals surface area contributed by atoms with Gasteiger partial charge in [-0.3, -0.25) is 0 Å². The molecular weight excluding hydrogens is 312 g/mol. The summed E-state index contributed by atoms with van der Waals surface area (Å²) >= 11 is 0. The molecule has 2 saturated heterocycles. The van der Waals surface area contributed by atoms with Crippen LogP contribution in [-0.4, -0.2) is 48.4 Å². The van der Waals surface area contributed by atoms with E-state index in [-0.39, 0.29) is 0 Å². The van der Waals surface area contributed by atoms with Crippen molar-refractivity contribution in [3.8, 4) is 0 Å². The number of ether oxygens (including phenoxy) is 1. The zero-order valence-electron chi connectivity index (χ0n) is 15.3. The molecule has 4 rings (SSSR count). The lowest BCUT2D eigenvalue weighted by Gasteiger charge is -2.33. The SMILES string of the molecule is Cc1ccc2nc(N3CCC(NCC4CCCO4)CC3)nc(C)c2c1. The quantitative estimate of drug-likeness (QED) is 0.927. The van der Waals surface area contributed by atoms with Crippen LogP contribution in [0.1, 0.15) is 36.9 Å². The van der Waals surface area contributed by atoms with E-state index in [9.17, 15) is 0 Å². The summed E-state index contributed by atoms with van der Waals surface area (Å²) in [6.45, 7) is 8.16. The third-order valence-corrected chi connectivity index (χ3v) is 5.47. The number of anilines is 1. The highest BCUT2D eigenvalue weighted by Gasteiger charge is 2.23. The van der Waals surface area contributed by atoms with E-state index < -0.39 is 0 Å². The molecule has 2 aromatic rings. The maximum atomic E-state index is 5.70. The standard InChI is InChI=1S/C20H28N4O/c1-14-5-6-19-18(12-14)15(2)22-20(23-19)24-9-7-16(8-10-24)21-13-17-4-3-11-25-17/h5-6,12,16-17,21H,3-4,7-11,13H2,1-2H3. The molecule has 2 aliphatic heterocycles. The first-order valence-electron chi connectivity index (χ1n) is 9.54. The molecule has 0 spiro atoms. The molecule has 3 heterocycles. The van der Waals surface area contributed by atoms with Gasteiger partial charge in [-0.05, 0) is 51.7 Å². The fraction of sp³-hybridized carbons (Fsp3) is 0.600. The first-order valence-corrected chi connectivity index (χ1v) is 9.54. The number of rotatable bonds is 4. The molecule has 134 valence electrons. The normalized spacial score (nSPS) is 22.0. The van der Waals surface area contributed by atoms with Crippen LogP contribution in [-0.2, 0) is 4.74 Å². The minimum Gasteiger partial charge on any atom is -0.377 e. The summed E-state index contributed by atoms with van der Waals surface area (Å²) < 4.78 is 5.70. The predicted molar refractivity (Wildman–Crippen MR) is 101 cm³/mol. The molecule has 0 amide bonds. The van der Waals surface area contributed by atoms with E-state index in [1.165, 1.54) is 18.4 Å². The Morgan fingerprint density at radius 2 is 2.00 bits per heavy atom. The fourth-order valence-corrected chi connectivity index (χ4v) is 3.91. The number of nitrogens with zero attached hydrogens (tertiary/aromatic N) is 3. The van der Waals surface area contributed by atoms with Crippen molar-refractivity contribution >= 4 is 16.9 Å². The van der Waals surface area contributed by atoms with Crippen molar-refractivity contribution in [3.05, 3.63) is 29.5 Å². The van der Waals surface area contributed by atoms with Crippen molar-refractivity contribution in [1.82, 2.24) is 15.3 Å². The van der Waals surface area contributed by atoms with Gasteiger partial charge in [0.05, 0.1) is 17.3 Å². The number of aromatic nitrogens is 2. The van der Waals surface area contributed by atoms with Crippen LogP contribution in [0.3, 0.4) is 0 Å². The van der Waals surface area contributed by atoms with Crippen LogP contribution in [0.15, 0.2) is 18.2 Å². The van der Waals surface area contributed by atoms with Crippen molar-refractivity contribution in [2.75, 3.05) is 31.1 Å². The van der Waals surface area contributed by atoms with Gasteiger partial charge in [0.15, 0.2) is 0 Å². The van der Waals surface area contributed by atoms with Crippen LogP contribution in [0.2, 0.25) is 0 Å². The molecule has 1 aromatic heterocycles. The summed E-state index contributed by atoms with van der Waals surface area (Å²) in [4.78, 5) is 11.9. The lowest BCUT2D eigenvalue weighted by atomic mass is 10.0. The summed E-state index contributed by atoms with van der Waals surface area (Å²) in [7, 11) is 0. The van der Waals surface area contributed by atoms with Crippen LogP contribution >= 0.6 is 0 Å². The summed E-state index contributed by atoms with van der Waals surface area (Å²) in [5.74, 6) is 0.881. The summed E-state index contributed by atoms with van der Waals surface area (Å²) in [5.41, 5.74) is 3.37. The van der Waals surface area contributed by atoms with Crippen LogP contribution in [0.25, 0.3) is 10.9 Å². The fourth-order valence-electron chi connectivity index (χ4n) is 3.91. The Hall–Kier alpha value is -1.72. The van der Waals surface area contributed by atoms with Gasteiger partial charge in [-0.25, -0.2) is 9.97 Å². The number of piperidine rings is 1. The minimum atomic E-state index is 0.424. The Balaban J connectivity index is 1.38. The number of benzene rings is 1. The number of aryl methyl sites for hydroxylation is 2. The van der Waals surface area contributed by atoms with E-state index in [0.717, 1.165) is 61.6 Å². The van der Waals surface area contributed by atoms with Gasteiger partial charge in [0.25, 0.3) is 0 Å². The van der Waals surface area contributed by atoms with Crippen molar-refractivity contribution in [1.29, 1.82) is 0 Å².